The Morgan fingerprint density at radius 3 is 2.76 bits per heavy atom. The molecule has 4 rings (SSSR count). The molecule has 2 aliphatic rings. The van der Waals surface area contributed by atoms with Crippen LogP contribution in [0, 0.1) is 18.8 Å². The average molecular weight is 378 g/mol. The summed E-state index contributed by atoms with van der Waals surface area (Å²) in [5.74, 6) is 1.23. The molecule has 1 saturated carbocycles. The minimum Gasteiger partial charge on any atom is -0.337 e. The van der Waals surface area contributed by atoms with Crippen LogP contribution >= 0.6 is 23.7 Å². The number of hydrogen-bond acceptors (Lipinski definition) is 4. The van der Waals surface area contributed by atoms with Gasteiger partial charge in [0.1, 0.15) is 4.88 Å². The first-order valence-electron chi connectivity index (χ1n) is 8.67. The van der Waals surface area contributed by atoms with Gasteiger partial charge in [-0.3, -0.25) is 4.79 Å². The van der Waals surface area contributed by atoms with Crippen molar-refractivity contribution in [2.45, 2.75) is 32.2 Å². The zero-order valence-electron chi connectivity index (χ0n) is 14.4. The van der Waals surface area contributed by atoms with Crippen LogP contribution < -0.4 is 5.73 Å². The summed E-state index contributed by atoms with van der Waals surface area (Å²) in [4.78, 5) is 20.4. The second-order valence-corrected chi connectivity index (χ2v) is 8.14. The van der Waals surface area contributed by atoms with Crippen LogP contribution in [0.4, 0.5) is 0 Å². The first kappa shape index (κ1) is 18.4. The van der Waals surface area contributed by atoms with Gasteiger partial charge in [-0.05, 0) is 37.2 Å². The van der Waals surface area contributed by atoms with Crippen molar-refractivity contribution in [3.63, 3.8) is 0 Å². The predicted molar refractivity (Wildman–Crippen MR) is 103 cm³/mol. The molecule has 4 nitrogen and oxygen atoms in total. The minimum atomic E-state index is 0. The molecule has 1 aromatic carbocycles. The van der Waals surface area contributed by atoms with E-state index >= 15 is 0 Å². The van der Waals surface area contributed by atoms with Crippen LogP contribution in [0.25, 0.3) is 0 Å². The fraction of sp³-hybridized carbons (Fsp3) is 0.474. The maximum absolute atomic E-state index is 12.9. The summed E-state index contributed by atoms with van der Waals surface area (Å²) >= 11 is 1.54. The fourth-order valence-electron chi connectivity index (χ4n) is 4.11. The van der Waals surface area contributed by atoms with Crippen molar-refractivity contribution in [2.24, 2.45) is 17.6 Å². The van der Waals surface area contributed by atoms with Crippen LogP contribution in [0.3, 0.4) is 0 Å². The van der Waals surface area contributed by atoms with Crippen LogP contribution in [0.5, 0.6) is 0 Å². The van der Waals surface area contributed by atoms with Crippen molar-refractivity contribution in [2.75, 3.05) is 13.1 Å². The smallest absolute Gasteiger partial charge is 0.265 e. The van der Waals surface area contributed by atoms with Crippen LogP contribution in [-0.2, 0) is 6.42 Å². The number of aromatic nitrogens is 1. The van der Waals surface area contributed by atoms with E-state index in [1.54, 1.807) is 11.3 Å². The molecule has 2 heterocycles. The lowest BCUT2D eigenvalue weighted by Gasteiger charge is -2.18. The quantitative estimate of drug-likeness (QED) is 0.892. The lowest BCUT2D eigenvalue weighted by atomic mass is 9.98. The van der Waals surface area contributed by atoms with Crippen molar-refractivity contribution in [3.05, 3.63) is 51.5 Å². The minimum absolute atomic E-state index is 0. The van der Waals surface area contributed by atoms with Gasteiger partial charge in [0.2, 0.25) is 0 Å². The largest absolute Gasteiger partial charge is 0.337 e. The summed E-state index contributed by atoms with van der Waals surface area (Å²) in [5, 5.41) is 1.01. The van der Waals surface area contributed by atoms with E-state index in [0.717, 1.165) is 47.9 Å². The number of fused-ring (bicyclic) bond motifs is 1. The monoisotopic (exact) mass is 377 g/mol. The van der Waals surface area contributed by atoms with Gasteiger partial charge < -0.3 is 10.6 Å². The zero-order chi connectivity index (χ0) is 16.7. The molecule has 1 aliphatic heterocycles. The Bertz CT molecular complexity index is 748. The van der Waals surface area contributed by atoms with E-state index in [4.69, 9.17) is 5.73 Å². The van der Waals surface area contributed by atoms with Gasteiger partial charge in [0.15, 0.2) is 0 Å². The lowest BCUT2D eigenvalue weighted by Crippen LogP contribution is -2.33. The Labute approximate surface area is 158 Å². The number of amides is 1. The van der Waals surface area contributed by atoms with E-state index in [1.807, 2.05) is 30.0 Å². The molecule has 25 heavy (non-hydrogen) atoms. The summed E-state index contributed by atoms with van der Waals surface area (Å²) in [7, 11) is 0. The van der Waals surface area contributed by atoms with Crippen molar-refractivity contribution >= 4 is 29.7 Å². The van der Waals surface area contributed by atoms with Crippen molar-refractivity contribution in [1.29, 1.82) is 0 Å². The molecule has 0 spiro atoms. The Morgan fingerprint density at radius 2 is 2.04 bits per heavy atom. The van der Waals surface area contributed by atoms with E-state index in [0.29, 0.717) is 11.8 Å². The van der Waals surface area contributed by atoms with Gasteiger partial charge in [-0.25, -0.2) is 4.98 Å². The highest BCUT2D eigenvalue weighted by molar-refractivity contribution is 7.13. The summed E-state index contributed by atoms with van der Waals surface area (Å²) in [6, 6.07) is 10.6. The number of thiazole rings is 1. The normalized spacial score (nSPS) is 24.9. The van der Waals surface area contributed by atoms with E-state index in [1.165, 1.54) is 5.56 Å². The van der Waals surface area contributed by atoms with Crippen LogP contribution in [0.2, 0.25) is 0 Å². The Morgan fingerprint density at radius 1 is 1.28 bits per heavy atom. The number of aryl methyl sites for hydroxylation is 1. The molecule has 1 saturated heterocycles. The number of hydrogen-bond donors (Lipinski definition) is 1. The molecule has 3 atom stereocenters. The molecule has 2 N–H and O–H groups in total. The molecule has 3 unspecified atom stereocenters. The highest BCUT2D eigenvalue weighted by Gasteiger charge is 2.43. The van der Waals surface area contributed by atoms with Crippen molar-refractivity contribution < 1.29 is 4.79 Å². The Kier molecular flexibility index (Phi) is 5.46. The number of halogens is 1. The van der Waals surface area contributed by atoms with E-state index < -0.39 is 0 Å². The molecule has 1 aromatic heterocycles. The van der Waals surface area contributed by atoms with Gasteiger partial charge in [0.25, 0.3) is 5.91 Å². The first-order valence-corrected chi connectivity index (χ1v) is 9.48. The van der Waals surface area contributed by atoms with Gasteiger partial charge in [0.05, 0.1) is 10.7 Å². The number of benzene rings is 1. The molecule has 6 heteroatoms. The van der Waals surface area contributed by atoms with Gasteiger partial charge >= 0.3 is 0 Å². The molecule has 0 radical (unpaired) electrons. The topological polar surface area (TPSA) is 59.2 Å². The maximum atomic E-state index is 12.9. The summed E-state index contributed by atoms with van der Waals surface area (Å²) in [6.45, 7) is 3.62. The fourth-order valence-corrected chi connectivity index (χ4v) is 5.18. The molecular formula is C19H24ClN3OS. The summed E-state index contributed by atoms with van der Waals surface area (Å²) in [6.07, 6.45) is 3.06. The third-order valence-electron chi connectivity index (χ3n) is 5.43. The number of nitrogens with two attached hydrogens (primary N) is 1. The van der Waals surface area contributed by atoms with Gasteiger partial charge in [-0.2, -0.15) is 0 Å². The Hall–Kier alpha value is -1.43. The molecular weight excluding hydrogens is 354 g/mol. The Balaban J connectivity index is 0.00000182. The third-order valence-corrected chi connectivity index (χ3v) is 6.58. The standard InChI is InChI=1S/C19H23N3OS.ClH/c1-12-18(24-17(21-12)9-13-5-3-2-4-6-13)19(23)22-10-14-7-8-16(20)15(14)11-22;/h2-6,14-16H,7-11,20H2,1H3;1H. The number of rotatable bonds is 3. The maximum Gasteiger partial charge on any atom is 0.265 e. The molecule has 0 bridgehead atoms. The number of likely N-dealkylation sites (tertiary alicyclic amines) is 1. The van der Waals surface area contributed by atoms with E-state index in [2.05, 4.69) is 17.1 Å². The first-order chi connectivity index (χ1) is 11.6. The third kappa shape index (κ3) is 3.59. The highest BCUT2D eigenvalue weighted by atomic mass is 35.5. The van der Waals surface area contributed by atoms with E-state index in [-0.39, 0.29) is 24.4 Å². The SMILES string of the molecule is Cc1nc(Cc2ccccc2)sc1C(=O)N1CC2CCC(N)C2C1.Cl. The summed E-state index contributed by atoms with van der Waals surface area (Å²) in [5.41, 5.74) is 8.28. The number of nitrogens with zero attached hydrogens (tertiary/aromatic N) is 2. The number of carbonyl (C=O) groups excluding carboxylic acids is 1. The highest BCUT2D eigenvalue weighted by Crippen LogP contribution is 2.38. The van der Waals surface area contributed by atoms with Crippen molar-refractivity contribution in [1.82, 2.24) is 9.88 Å². The second kappa shape index (κ2) is 7.44. The molecule has 2 fully saturated rings. The predicted octanol–water partition coefficient (Wildman–Crippen LogP) is 3.27. The molecule has 134 valence electrons. The zero-order valence-corrected chi connectivity index (χ0v) is 16.0. The van der Waals surface area contributed by atoms with Crippen LogP contribution in [-0.4, -0.2) is 34.9 Å². The van der Waals surface area contributed by atoms with Crippen LogP contribution in [0.1, 0.15) is 38.8 Å². The molecule has 1 amide bonds. The number of carbonyl (C=O) groups is 1. The summed E-state index contributed by atoms with van der Waals surface area (Å²) < 4.78 is 0. The van der Waals surface area contributed by atoms with Crippen LogP contribution in [0.15, 0.2) is 30.3 Å². The van der Waals surface area contributed by atoms with Gasteiger partial charge in [-0.1, -0.05) is 30.3 Å². The van der Waals surface area contributed by atoms with Gasteiger partial charge in [0, 0.05) is 25.6 Å². The lowest BCUT2D eigenvalue weighted by molar-refractivity contribution is 0.0783. The van der Waals surface area contributed by atoms with Crippen molar-refractivity contribution in [3.8, 4) is 0 Å². The molecule has 2 aromatic rings. The molecule has 1 aliphatic carbocycles. The van der Waals surface area contributed by atoms with E-state index in [9.17, 15) is 4.79 Å². The average Bonchev–Trinajstić information content (AvgIpc) is 3.25. The van der Waals surface area contributed by atoms with Gasteiger partial charge in [-0.15, -0.1) is 23.7 Å². The second-order valence-electron chi connectivity index (χ2n) is 7.06.